The van der Waals surface area contributed by atoms with Gasteiger partial charge in [0.1, 0.15) is 5.92 Å². The number of carbonyl (C=O) groups is 1. The standard InChI is InChI=1S/C18H18N2O/c1-20(13-15-8-4-2-5-9-15)14-18(21)17(12-19)16-10-6-3-7-11-16/h2-11,17H,13-14H2,1H3. The highest BCUT2D eigenvalue weighted by atomic mass is 16.1. The van der Waals surface area contributed by atoms with Crippen molar-refractivity contribution < 1.29 is 4.79 Å². The number of likely N-dealkylation sites (N-methyl/N-ethyl adjacent to an activating group) is 1. The minimum absolute atomic E-state index is 0.0675. The Morgan fingerprint density at radius 1 is 1.10 bits per heavy atom. The van der Waals surface area contributed by atoms with Crippen molar-refractivity contribution in [2.75, 3.05) is 13.6 Å². The van der Waals surface area contributed by atoms with E-state index < -0.39 is 5.92 Å². The fourth-order valence-corrected chi connectivity index (χ4v) is 2.29. The van der Waals surface area contributed by atoms with Gasteiger partial charge in [0.05, 0.1) is 12.6 Å². The van der Waals surface area contributed by atoms with Crippen LogP contribution in [-0.2, 0) is 11.3 Å². The first-order valence-electron chi connectivity index (χ1n) is 6.90. The molecule has 0 spiro atoms. The van der Waals surface area contributed by atoms with Crippen LogP contribution >= 0.6 is 0 Å². The van der Waals surface area contributed by atoms with Gasteiger partial charge in [0.2, 0.25) is 0 Å². The van der Waals surface area contributed by atoms with E-state index in [-0.39, 0.29) is 12.3 Å². The monoisotopic (exact) mass is 278 g/mol. The smallest absolute Gasteiger partial charge is 0.168 e. The van der Waals surface area contributed by atoms with Crippen LogP contribution in [0.2, 0.25) is 0 Å². The largest absolute Gasteiger partial charge is 0.296 e. The van der Waals surface area contributed by atoms with Crippen molar-refractivity contribution in [1.82, 2.24) is 4.90 Å². The first-order chi connectivity index (χ1) is 10.2. The molecule has 0 aliphatic rings. The summed E-state index contributed by atoms with van der Waals surface area (Å²) < 4.78 is 0. The van der Waals surface area contributed by atoms with Gasteiger partial charge in [-0.1, -0.05) is 60.7 Å². The number of Topliss-reactive ketones (excluding diaryl/α,β-unsaturated/α-hetero) is 1. The van der Waals surface area contributed by atoms with Crippen LogP contribution in [0.5, 0.6) is 0 Å². The Balaban J connectivity index is 1.98. The Hall–Kier alpha value is -2.44. The van der Waals surface area contributed by atoms with Crippen molar-refractivity contribution in [1.29, 1.82) is 5.26 Å². The summed E-state index contributed by atoms with van der Waals surface area (Å²) in [5, 5.41) is 9.26. The lowest BCUT2D eigenvalue weighted by Gasteiger charge is -2.17. The summed E-state index contributed by atoms with van der Waals surface area (Å²) in [6, 6.07) is 21.3. The van der Waals surface area contributed by atoms with Gasteiger partial charge in [-0.3, -0.25) is 9.69 Å². The maximum atomic E-state index is 12.3. The minimum Gasteiger partial charge on any atom is -0.296 e. The minimum atomic E-state index is -0.690. The van der Waals surface area contributed by atoms with E-state index in [4.69, 9.17) is 0 Å². The van der Waals surface area contributed by atoms with E-state index in [2.05, 4.69) is 6.07 Å². The molecule has 0 heterocycles. The average Bonchev–Trinajstić information content (AvgIpc) is 2.50. The molecule has 3 nitrogen and oxygen atoms in total. The summed E-state index contributed by atoms with van der Waals surface area (Å²) in [6.45, 7) is 0.960. The van der Waals surface area contributed by atoms with Gasteiger partial charge in [0.25, 0.3) is 0 Å². The quantitative estimate of drug-likeness (QED) is 0.816. The molecule has 0 bridgehead atoms. The molecule has 2 aromatic carbocycles. The zero-order chi connectivity index (χ0) is 15.1. The van der Waals surface area contributed by atoms with Crippen molar-refractivity contribution in [3.05, 3.63) is 71.8 Å². The molecule has 0 N–H and O–H groups in total. The molecule has 3 heteroatoms. The molecule has 2 aromatic rings. The predicted molar refractivity (Wildman–Crippen MR) is 82.6 cm³/mol. The molecular formula is C18H18N2O. The van der Waals surface area contributed by atoms with Crippen LogP contribution in [0.15, 0.2) is 60.7 Å². The third-order valence-electron chi connectivity index (χ3n) is 3.31. The number of carbonyl (C=O) groups excluding carboxylic acids is 1. The van der Waals surface area contributed by atoms with Gasteiger partial charge in [-0.2, -0.15) is 5.26 Å². The Morgan fingerprint density at radius 3 is 2.24 bits per heavy atom. The van der Waals surface area contributed by atoms with Crippen LogP contribution in [0.1, 0.15) is 17.0 Å². The van der Waals surface area contributed by atoms with Crippen molar-refractivity contribution in [3.63, 3.8) is 0 Å². The number of hydrogen-bond acceptors (Lipinski definition) is 3. The van der Waals surface area contributed by atoms with Gasteiger partial charge < -0.3 is 0 Å². The number of hydrogen-bond donors (Lipinski definition) is 0. The molecule has 0 amide bonds. The topological polar surface area (TPSA) is 44.1 Å². The first kappa shape index (κ1) is 15.0. The maximum Gasteiger partial charge on any atom is 0.168 e. The first-order valence-corrected chi connectivity index (χ1v) is 6.90. The summed E-state index contributed by atoms with van der Waals surface area (Å²) in [4.78, 5) is 14.2. The van der Waals surface area contributed by atoms with E-state index >= 15 is 0 Å². The number of ketones is 1. The highest BCUT2D eigenvalue weighted by Gasteiger charge is 2.21. The molecule has 1 atom stereocenters. The van der Waals surface area contributed by atoms with Gasteiger partial charge >= 0.3 is 0 Å². The second-order valence-electron chi connectivity index (χ2n) is 5.10. The van der Waals surface area contributed by atoms with Crippen LogP contribution in [0.3, 0.4) is 0 Å². The summed E-state index contributed by atoms with van der Waals surface area (Å²) in [6.07, 6.45) is 0. The van der Waals surface area contributed by atoms with Crippen molar-refractivity contribution in [2.24, 2.45) is 0 Å². The Bertz CT molecular complexity index is 617. The van der Waals surface area contributed by atoms with E-state index in [1.165, 1.54) is 0 Å². The molecule has 0 aromatic heterocycles. The van der Waals surface area contributed by atoms with Gasteiger partial charge in [-0.25, -0.2) is 0 Å². The summed E-state index contributed by atoms with van der Waals surface area (Å²) >= 11 is 0. The molecule has 0 fully saturated rings. The second-order valence-corrected chi connectivity index (χ2v) is 5.10. The van der Waals surface area contributed by atoms with Crippen LogP contribution in [0.25, 0.3) is 0 Å². The third kappa shape index (κ3) is 4.27. The summed E-state index contributed by atoms with van der Waals surface area (Å²) in [5.41, 5.74) is 1.92. The lowest BCUT2D eigenvalue weighted by atomic mass is 9.96. The van der Waals surface area contributed by atoms with E-state index in [0.29, 0.717) is 6.54 Å². The number of rotatable bonds is 6. The van der Waals surface area contributed by atoms with E-state index in [0.717, 1.165) is 11.1 Å². The maximum absolute atomic E-state index is 12.3. The number of nitrogens with zero attached hydrogens (tertiary/aromatic N) is 2. The number of nitriles is 1. The van der Waals surface area contributed by atoms with Crippen LogP contribution in [0.4, 0.5) is 0 Å². The Kier molecular flexibility index (Phi) is 5.25. The molecular weight excluding hydrogens is 260 g/mol. The average molecular weight is 278 g/mol. The molecule has 21 heavy (non-hydrogen) atoms. The predicted octanol–water partition coefficient (Wildman–Crippen LogP) is 2.99. The molecule has 0 radical (unpaired) electrons. The molecule has 0 aliphatic heterocycles. The van der Waals surface area contributed by atoms with Crippen LogP contribution in [0, 0.1) is 11.3 Å². The lowest BCUT2D eigenvalue weighted by Crippen LogP contribution is -2.28. The van der Waals surface area contributed by atoms with Crippen molar-refractivity contribution in [2.45, 2.75) is 12.5 Å². The third-order valence-corrected chi connectivity index (χ3v) is 3.31. The van der Waals surface area contributed by atoms with Gasteiger partial charge in [-0.05, 0) is 18.2 Å². The Morgan fingerprint density at radius 2 is 1.67 bits per heavy atom. The summed E-state index contributed by atoms with van der Waals surface area (Å²) in [5.74, 6) is -0.758. The number of benzene rings is 2. The normalized spacial score (nSPS) is 11.9. The van der Waals surface area contributed by atoms with Crippen molar-refractivity contribution >= 4 is 5.78 Å². The summed E-state index contributed by atoms with van der Waals surface area (Å²) in [7, 11) is 1.89. The lowest BCUT2D eigenvalue weighted by molar-refractivity contribution is -0.120. The zero-order valence-electron chi connectivity index (χ0n) is 12.1. The zero-order valence-corrected chi connectivity index (χ0v) is 12.1. The van der Waals surface area contributed by atoms with E-state index in [9.17, 15) is 10.1 Å². The highest BCUT2D eigenvalue weighted by Crippen LogP contribution is 2.16. The molecule has 1 unspecified atom stereocenters. The SMILES string of the molecule is CN(CC(=O)C(C#N)c1ccccc1)Cc1ccccc1. The molecule has 106 valence electrons. The van der Waals surface area contributed by atoms with Crippen LogP contribution in [-0.4, -0.2) is 24.3 Å². The van der Waals surface area contributed by atoms with E-state index in [1.54, 1.807) is 0 Å². The van der Waals surface area contributed by atoms with Crippen molar-refractivity contribution in [3.8, 4) is 6.07 Å². The van der Waals surface area contributed by atoms with Gasteiger partial charge in [-0.15, -0.1) is 0 Å². The van der Waals surface area contributed by atoms with Gasteiger partial charge in [0.15, 0.2) is 5.78 Å². The molecule has 2 rings (SSSR count). The fourth-order valence-electron chi connectivity index (χ4n) is 2.29. The van der Waals surface area contributed by atoms with Crippen LogP contribution < -0.4 is 0 Å². The Labute approximate surface area is 125 Å². The fraction of sp³-hybridized carbons (Fsp3) is 0.222. The molecule has 0 saturated heterocycles. The molecule has 0 aliphatic carbocycles. The molecule has 0 saturated carbocycles. The second kappa shape index (κ2) is 7.37. The highest BCUT2D eigenvalue weighted by molar-refractivity contribution is 5.90. The van der Waals surface area contributed by atoms with Gasteiger partial charge in [0, 0.05) is 6.54 Å². The van der Waals surface area contributed by atoms with E-state index in [1.807, 2.05) is 72.6 Å².